The number of hydrogen-bond donors (Lipinski definition) is 3. The van der Waals surface area contributed by atoms with E-state index in [1.54, 1.807) is 12.1 Å². The molecule has 1 atom stereocenters. The van der Waals surface area contributed by atoms with Gasteiger partial charge in [0.05, 0.1) is 0 Å². The van der Waals surface area contributed by atoms with E-state index in [4.69, 9.17) is 10.8 Å². The van der Waals surface area contributed by atoms with Crippen LogP contribution in [0.4, 0.5) is 0 Å². The molecule has 0 aliphatic heterocycles. The number of ketones is 1. The second-order valence-electron chi connectivity index (χ2n) is 4.78. The van der Waals surface area contributed by atoms with Gasteiger partial charge in [0.1, 0.15) is 6.04 Å². The fraction of sp³-hybridized carbons (Fsp3) is 0.400. The van der Waals surface area contributed by atoms with Gasteiger partial charge in [-0.1, -0.05) is 12.1 Å². The second-order valence-corrected chi connectivity index (χ2v) is 4.78. The van der Waals surface area contributed by atoms with E-state index < -0.39 is 17.9 Å². The summed E-state index contributed by atoms with van der Waals surface area (Å²) in [5, 5.41) is 11.6. The second kappa shape index (κ2) is 8.16. The lowest BCUT2D eigenvalue weighted by atomic mass is 10.1. The molecule has 21 heavy (non-hydrogen) atoms. The van der Waals surface area contributed by atoms with Gasteiger partial charge in [0.25, 0.3) is 5.91 Å². The van der Waals surface area contributed by atoms with Crippen LogP contribution in [0, 0.1) is 0 Å². The Labute approximate surface area is 123 Å². The quantitative estimate of drug-likeness (QED) is 0.492. The van der Waals surface area contributed by atoms with Gasteiger partial charge in [0.2, 0.25) is 0 Å². The van der Waals surface area contributed by atoms with E-state index in [1.165, 1.54) is 19.1 Å². The highest BCUT2D eigenvalue weighted by Gasteiger charge is 2.20. The third-order valence-corrected chi connectivity index (χ3v) is 3.10. The van der Waals surface area contributed by atoms with Gasteiger partial charge in [-0.2, -0.15) is 0 Å². The Balaban J connectivity index is 2.68. The Morgan fingerprint density at radius 2 is 1.71 bits per heavy atom. The fourth-order valence-electron chi connectivity index (χ4n) is 1.85. The lowest BCUT2D eigenvalue weighted by Crippen LogP contribution is -2.40. The minimum atomic E-state index is -1.07. The number of Topliss-reactive ketones (excluding diaryl/α,β-unsaturated/α-hetero) is 1. The highest BCUT2D eigenvalue weighted by atomic mass is 16.4. The van der Waals surface area contributed by atoms with Crippen molar-refractivity contribution < 1.29 is 19.5 Å². The Kier molecular flexibility index (Phi) is 6.55. The first-order chi connectivity index (χ1) is 9.95. The maximum Gasteiger partial charge on any atom is 0.326 e. The first-order valence-electron chi connectivity index (χ1n) is 6.80. The van der Waals surface area contributed by atoms with Crippen molar-refractivity contribution in [1.82, 2.24) is 5.32 Å². The van der Waals surface area contributed by atoms with Gasteiger partial charge < -0.3 is 16.2 Å². The summed E-state index contributed by atoms with van der Waals surface area (Å²) in [6, 6.07) is 5.16. The molecule has 0 aliphatic rings. The van der Waals surface area contributed by atoms with E-state index in [9.17, 15) is 14.4 Å². The molecule has 0 bridgehead atoms. The molecule has 4 N–H and O–H groups in total. The van der Waals surface area contributed by atoms with Crippen LogP contribution in [0.15, 0.2) is 24.3 Å². The minimum Gasteiger partial charge on any atom is -0.480 e. The number of carboxylic acid groups (broad SMARTS) is 1. The van der Waals surface area contributed by atoms with Crippen molar-refractivity contribution in [2.24, 2.45) is 5.73 Å². The van der Waals surface area contributed by atoms with Gasteiger partial charge in [0, 0.05) is 11.1 Å². The summed E-state index contributed by atoms with van der Waals surface area (Å²) in [6.07, 6.45) is 1.69. The van der Waals surface area contributed by atoms with E-state index in [2.05, 4.69) is 5.32 Å². The number of carbonyl (C=O) groups is 3. The highest BCUT2D eigenvalue weighted by molar-refractivity contribution is 5.98. The fourth-order valence-corrected chi connectivity index (χ4v) is 1.85. The van der Waals surface area contributed by atoms with Crippen LogP contribution >= 0.6 is 0 Å². The Bertz CT molecular complexity index is 511. The van der Waals surface area contributed by atoms with Crippen molar-refractivity contribution >= 4 is 17.7 Å². The zero-order valence-corrected chi connectivity index (χ0v) is 12.0. The molecule has 0 saturated carbocycles. The smallest absolute Gasteiger partial charge is 0.326 e. The van der Waals surface area contributed by atoms with Crippen molar-refractivity contribution in [1.29, 1.82) is 0 Å². The lowest BCUT2D eigenvalue weighted by molar-refractivity contribution is -0.139. The molecule has 0 heterocycles. The molecule has 6 heteroatoms. The Morgan fingerprint density at radius 1 is 1.14 bits per heavy atom. The summed E-state index contributed by atoms with van der Waals surface area (Å²) in [4.78, 5) is 34.3. The zero-order valence-electron chi connectivity index (χ0n) is 12.0. The monoisotopic (exact) mass is 292 g/mol. The molecule has 0 saturated heterocycles. The van der Waals surface area contributed by atoms with Gasteiger partial charge in [-0.25, -0.2) is 4.79 Å². The molecule has 0 aromatic heterocycles. The Hall–Kier alpha value is -2.21. The van der Waals surface area contributed by atoms with Crippen molar-refractivity contribution in [3.05, 3.63) is 35.4 Å². The number of nitrogens with two attached hydrogens (primary N) is 1. The molecular formula is C15H20N2O4. The lowest BCUT2D eigenvalue weighted by Gasteiger charge is -2.14. The number of carbonyl (C=O) groups excluding carboxylic acids is 2. The molecule has 1 aromatic carbocycles. The standard InChI is InChI=1S/C15H20N2O4/c1-10(18)11-5-7-12(8-6-11)14(19)17-13(15(20)21)4-2-3-9-16/h5-8,13H,2-4,9,16H2,1H3,(H,17,19)(H,20,21)/t13-/m0/s1. The summed E-state index contributed by atoms with van der Waals surface area (Å²) in [6.45, 7) is 1.93. The number of amides is 1. The van der Waals surface area contributed by atoms with E-state index in [0.717, 1.165) is 0 Å². The van der Waals surface area contributed by atoms with E-state index >= 15 is 0 Å². The average molecular weight is 292 g/mol. The summed E-state index contributed by atoms with van der Waals surface area (Å²) >= 11 is 0. The summed E-state index contributed by atoms with van der Waals surface area (Å²) in [7, 11) is 0. The van der Waals surface area contributed by atoms with Crippen LogP contribution in [-0.2, 0) is 4.79 Å². The van der Waals surface area contributed by atoms with E-state index in [0.29, 0.717) is 36.9 Å². The van der Waals surface area contributed by atoms with Crippen LogP contribution in [0.3, 0.4) is 0 Å². The van der Waals surface area contributed by atoms with Gasteiger partial charge >= 0.3 is 5.97 Å². The maximum atomic E-state index is 12.0. The molecular weight excluding hydrogens is 272 g/mol. The first kappa shape index (κ1) is 16.8. The highest BCUT2D eigenvalue weighted by Crippen LogP contribution is 2.07. The van der Waals surface area contributed by atoms with E-state index in [1.807, 2.05) is 0 Å². The molecule has 6 nitrogen and oxygen atoms in total. The molecule has 1 rings (SSSR count). The van der Waals surface area contributed by atoms with Crippen LogP contribution in [0.2, 0.25) is 0 Å². The normalized spacial score (nSPS) is 11.7. The first-order valence-corrected chi connectivity index (χ1v) is 6.80. The zero-order chi connectivity index (χ0) is 15.8. The van der Waals surface area contributed by atoms with Crippen LogP contribution in [0.1, 0.15) is 46.9 Å². The van der Waals surface area contributed by atoms with Crippen LogP contribution < -0.4 is 11.1 Å². The molecule has 0 spiro atoms. The SMILES string of the molecule is CC(=O)c1ccc(C(=O)N[C@@H](CCCCN)C(=O)O)cc1. The molecule has 0 aliphatic carbocycles. The molecule has 0 fully saturated rings. The van der Waals surface area contributed by atoms with Gasteiger partial charge in [-0.15, -0.1) is 0 Å². The predicted molar refractivity (Wildman–Crippen MR) is 78.2 cm³/mol. The van der Waals surface area contributed by atoms with Gasteiger partial charge in [-0.05, 0) is 44.9 Å². The number of unbranched alkanes of at least 4 members (excludes halogenated alkanes) is 1. The molecule has 0 unspecified atom stereocenters. The number of carboxylic acids is 1. The van der Waals surface area contributed by atoms with Crippen molar-refractivity contribution in [2.45, 2.75) is 32.2 Å². The van der Waals surface area contributed by atoms with Crippen molar-refractivity contribution in [3.8, 4) is 0 Å². The number of rotatable bonds is 8. The number of nitrogens with one attached hydrogen (secondary N) is 1. The largest absolute Gasteiger partial charge is 0.480 e. The number of benzene rings is 1. The van der Waals surface area contributed by atoms with Crippen LogP contribution in [0.5, 0.6) is 0 Å². The van der Waals surface area contributed by atoms with Gasteiger partial charge in [0.15, 0.2) is 5.78 Å². The van der Waals surface area contributed by atoms with Crippen LogP contribution in [-0.4, -0.2) is 35.4 Å². The molecule has 0 radical (unpaired) electrons. The topological polar surface area (TPSA) is 109 Å². The van der Waals surface area contributed by atoms with Crippen molar-refractivity contribution in [3.63, 3.8) is 0 Å². The van der Waals surface area contributed by atoms with E-state index in [-0.39, 0.29) is 5.78 Å². The Morgan fingerprint density at radius 3 is 2.19 bits per heavy atom. The molecule has 1 amide bonds. The third kappa shape index (κ3) is 5.35. The summed E-state index contributed by atoms with van der Waals surface area (Å²) in [5.41, 5.74) is 6.19. The van der Waals surface area contributed by atoms with Gasteiger partial charge in [-0.3, -0.25) is 9.59 Å². The molecule has 1 aromatic rings. The summed E-state index contributed by atoms with van der Waals surface area (Å²) < 4.78 is 0. The maximum absolute atomic E-state index is 12.0. The van der Waals surface area contributed by atoms with Crippen LogP contribution in [0.25, 0.3) is 0 Å². The number of aliphatic carboxylic acids is 1. The summed E-state index contributed by atoms with van der Waals surface area (Å²) in [5.74, 6) is -1.63. The van der Waals surface area contributed by atoms with Crippen molar-refractivity contribution in [2.75, 3.05) is 6.54 Å². The average Bonchev–Trinajstić information content (AvgIpc) is 2.46. The minimum absolute atomic E-state index is 0.0906. The number of hydrogen-bond acceptors (Lipinski definition) is 4. The third-order valence-electron chi connectivity index (χ3n) is 3.10. The molecule has 114 valence electrons. The predicted octanol–water partition coefficient (Wildman–Crippen LogP) is 1.20.